The van der Waals surface area contributed by atoms with Gasteiger partial charge in [0.05, 0.1) is 10.6 Å². The quantitative estimate of drug-likeness (QED) is 0.169. The van der Waals surface area contributed by atoms with Crippen LogP contribution in [0.15, 0.2) is 116 Å². The van der Waals surface area contributed by atoms with E-state index in [9.17, 15) is 9.59 Å². The average molecular weight is 535 g/mol. The zero-order valence-corrected chi connectivity index (χ0v) is 21.3. The van der Waals surface area contributed by atoms with Gasteiger partial charge in [-0.2, -0.15) is 0 Å². The number of benzene rings is 3. The Morgan fingerprint density at radius 2 is 0.923 bits per heavy atom. The first-order valence-corrected chi connectivity index (χ1v) is 12.4. The number of halogens is 1. The minimum atomic E-state index is -0.376. The monoisotopic (exact) mass is 534 g/mol. The highest BCUT2D eigenvalue weighted by atomic mass is 35.5. The van der Waals surface area contributed by atoms with E-state index in [1.54, 1.807) is 55.1 Å². The van der Waals surface area contributed by atoms with Crippen LogP contribution in [0, 0.1) is 0 Å². The van der Waals surface area contributed by atoms with Crippen LogP contribution >= 0.6 is 11.6 Å². The molecule has 9 heteroatoms. The van der Waals surface area contributed by atoms with Gasteiger partial charge in [0.1, 0.15) is 0 Å². The predicted octanol–water partition coefficient (Wildman–Crippen LogP) is 7.12. The fourth-order valence-corrected chi connectivity index (χ4v) is 3.99. The molecule has 0 radical (unpaired) electrons. The normalized spacial score (nSPS) is 10.4. The van der Waals surface area contributed by atoms with Crippen molar-refractivity contribution in [1.29, 1.82) is 0 Å². The summed E-state index contributed by atoms with van der Waals surface area (Å²) in [5, 5.41) is 12.4. The number of rotatable bonds is 8. The molecule has 2 amide bonds. The van der Waals surface area contributed by atoms with E-state index in [4.69, 9.17) is 11.6 Å². The van der Waals surface area contributed by atoms with Crippen molar-refractivity contribution >= 4 is 57.5 Å². The summed E-state index contributed by atoms with van der Waals surface area (Å²) < 4.78 is 0. The number of amides is 2. The molecule has 0 aliphatic rings. The second-order valence-corrected chi connectivity index (χ2v) is 8.89. The molecule has 0 saturated heterocycles. The van der Waals surface area contributed by atoms with Crippen LogP contribution in [-0.4, -0.2) is 21.8 Å². The van der Waals surface area contributed by atoms with Crippen LogP contribution in [0.1, 0.15) is 20.7 Å². The molecule has 0 atom stereocenters. The van der Waals surface area contributed by atoms with Crippen molar-refractivity contribution in [2.45, 2.75) is 0 Å². The molecule has 0 unspecified atom stereocenters. The Hall–Kier alpha value is -5.21. The van der Waals surface area contributed by atoms with E-state index >= 15 is 0 Å². The number of nitrogens with one attached hydrogen (secondary N) is 4. The lowest BCUT2D eigenvalue weighted by Gasteiger charge is -2.11. The minimum absolute atomic E-state index is 0.174. The number of aromatic nitrogens is 2. The van der Waals surface area contributed by atoms with Crippen LogP contribution < -0.4 is 21.3 Å². The molecule has 0 aliphatic heterocycles. The lowest BCUT2D eigenvalue weighted by Crippen LogP contribution is -2.15. The van der Waals surface area contributed by atoms with Gasteiger partial charge < -0.3 is 21.3 Å². The lowest BCUT2D eigenvalue weighted by atomic mass is 10.1. The molecule has 0 spiro atoms. The molecule has 39 heavy (non-hydrogen) atoms. The van der Waals surface area contributed by atoms with Crippen LogP contribution in [0.5, 0.6) is 0 Å². The molecule has 0 aliphatic carbocycles. The summed E-state index contributed by atoms with van der Waals surface area (Å²) in [5.41, 5.74) is 5.40. The van der Waals surface area contributed by atoms with Crippen LogP contribution in [0.3, 0.4) is 0 Å². The summed E-state index contributed by atoms with van der Waals surface area (Å²) >= 11 is 6.38. The van der Waals surface area contributed by atoms with Crippen molar-refractivity contribution in [3.63, 3.8) is 0 Å². The molecule has 5 rings (SSSR count). The minimum Gasteiger partial charge on any atom is -0.355 e. The molecule has 192 valence electrons. The summed E-state index contributed by atoms with van der Waals surface area (Å²) in [6.45, 7) is 0. The van der Waals surface area contributed by atoms with Crippen molar-refractivity contribution in [3.05, 3.63) is 132 Å². The van der Waals surface area contributed by atoms with Gasteiger partial charge in [-0.3, -0.25) is 19.6 Å². The topological polar surface area (TPSA) is 108 Å². The van der Waals surface area contributed by atoms with Gasteiger partial charge >= 0.3 is 0 Å². The summed E-state index contributed by atoms with van der Waals surface area (Å²) in [5.74, 6) is -0.713. The average Bonchev–Trinajstić information content (AvgIpc) is 2.96. The van der Waals surface area contributed by atoms with Crippen LogP contribution in [0.25, 0.3) is 0 Å². The Morgan fingerprint density at radius 1 is 0.513 bits per heavy atom. The van der Waals surface area contributed by atoms with Crippen LogP contribution in [0.4, 0.5) is 34.1 Å². The van der Waals surface area contributed by atoms with E-state index in [0.29, 0.717) is 16.9 Å². The van der Waals surface area contributed by atoms with E-state index in [0.717, 1.165) is 22.7 Å². The van der Waals surface area contributed by atoms with Gasteiger partial charge in [-0.1, -0.05) is 11.6 Å². The third-order valence-electron chi connectivity index (χ3n) is 5.70. The molecular formula is C30H23ClN6O2. The first kappa shape index (κ1) is 25.4. The number of hydrogen-bond donors (Lipinski definition) is 4. The van der Waals surface area contributed by atoms with Crippen molar-refractivity contribution in [2.75, 3.05) is 21.3 Å². The van der Waals surface area contributed by atoms with Gasteiger partial charge in [-0.15, -0.1) is 0 Å². The Kier molecular flexibility index (Phi) is 7.76. The Morgan fingerprint density at radius 3 is 1.38 bits per heavy atom. The maximum atomic E-state index is 12.8. The fraction of sp³-hybridized carbons (Fsp3) is 0. The summed E-state index contributed by atoms with van der Waals surface area (Å²) in [4.78, 5) is 33.6. The first-order valence-electron chi connectivity index (χ1n) is 12.0. The molecule has 3 aromatic carbocycles. The number of carbonyl (C=O) groups is 2. The van der Waals surface area contributed by atoms with Crippen LogP contribution in [-0.2, 0) is 0 Å². The molecule has 2 heterocycles. The predicted molar refractivity (Wildman–Crippen MR) is 155 cm³/mol. The smallest absolute Gasteiger partial charge is 0.257 e. The lowest BCUT2D eigenvalue weighted by molar-refractivity contribution is 0.101. The Labute approximate surface area is 230 Å². The van der Waals surface area contributed by atoms with Gasteiger partial charge in [0.2, 0.25) is 0 Å². The van der Waals surface area contributed by atoms with Gasteiger partial charge in [0.25, 0.3) is 11.8 Å². The maximum absolute atomic E-state index is 12.8. The number of anilines is 6. The largest absolute Gasteiger partial charge is 0.355 e. The summed E-state index contributed by atoms with van der Waals surface area (Å²) in [6, 6.07) is 26.6. The molecule has 2 aromatic heterocycles. The van der Waals surface area contributed by atoms with Gasteiger partial charge in [-0.25, -0.2) is 0 Å². The second-order valence-electron chi connectivity index (χ2n) is 8.48. The van der Waals surface area contributed by atoms with E-state index < -0.39 is 0 Å². The summed E-state index contributed by atoms with van der Waals surface area (Å²) in [6.07, 6.45) is 6.82. The first-order chi connectivity index (χ1) is 19.0. The van der Waals surface area contributed by atoms with Gasteiger partial charge in [-0.05, 0) is 91.0 Å². The highest BCUT2D eigenvalue weighted by Gasteiger charge is 2.14. The van der Waals surface area contributed by atoms with E-state index in [-0.39, 0.29) is 22.4 Å². The molecule has 5 aromatic rings. The molecule has 0 bridgehead atoms. The van der Waals surface area contributed by atoms with Crippen molar-refractivity contribution in [2.24, 2.45) is 0 Å². The number of carbonyl (C=O) groups excluding carboxylic acids is 2. The summed E-state index contributed by atoms with van der Waals surface area (Å²) in [7, 11) is 0. The van der Waals surface area contributed by atoms with E-state index in [2.05, 4.69) is 31.2 Å². The van der Waals surface area contributed by atoms with Crippen LogP contribution in [0.2, 0.25) is 5.02 Å². The fourth-order valence-electron chi connectivity index (χ4n) is 3.72. The Balaban J connectivity index is 1.18. The van der Waals surface area contributed by atoms with E-state index in [1.165, 1.54) is 12.1 Å². The van der Waals surface area contributed by atoms with Crippen molar-refractivity contribution < 1.29 is 9.59 Å². The number of hydrogen-bond acceptors (Lipinski definition) is 6. The second kappa shape index (κ2) is 11.9. The zero-order valence-electron chi connectivity index (χ0n) is 20.6. The third-order valence-corrected chi connectivity index (χ3v) is 6.01. The van der Waals surface area contributed by atoms with E-state index in [1.807, 2.05) is 48.5 Å². The van der Waals surface area contributed by atoms with Crippen molar-refractivity contribution in [1.82, 2.24) is 9.97 Å². The zero-order chi connectivity index (χ0) is 27.0. The van der Waals surface area contributed by atoms with Gasteiger partial charge in [0, 0.05) is 64.5 Å². The highest BCUT2D eigenvalue weighted by molar-refractivity contribution is 6.35. The SMILES string of the molecule is O=C(Nc1ccc(Nc2ccncc2)cc1)c1ccc(C(=O)Nc2ccc(Nc3ccncc3)cc2)c(Cl)c1. The molecule has 4 N–H and O–H groups in total. The van der Waals surface area contributed by atoms with Gasteiger partial charge in [0.15, 0.2) is 0 Å². The standard InChI is InChI=1S/C30H23ClN6O2/c31-28-19-20(29(38)36-23-6-2-21(3-7-23)34-25-11-15-32-16-12-25)1-10-27(28)30(39)37-24-8-4-22(5-9-24)35-26-13-17-33-18-14-26/h1-19H,(H,32,34)(H,33,35)(H,36,38)(H,37,39). The third kappa shape index (κ3) is 6.76. The molecule has 0 saturated carbocycles. The maximum Gasteiger partial charge on any atom is 0.257 e. The van der Waals surface area contributed by atoms with Crippen molar-refractivity contribution in [3.8, 4) is 0 Å². The number of pyridine rings is 2. The Bertz CT molecular complexity index is 1580. The molecule has 0 fully saturated rings. The molecular weight excluding hydrogens is 512 g/mol. The highest BCUT2D eigenvalue weighted by Crippen LogP contribution is 2.23. The molecule has 8 nitrogen and oxygen atoms in total. The number of nitrogens with zero attached hydrogens (tertiary/aromatic N) is 2.